The number of benzene rings is 1. The summed E-state index contributed by atoms with van der Waals surface area (Å²) in [6, 6.07) is 5.22. The predicted octanol–water partition coefficient (Wildman–Crippen LogP) is 3.39. The van der Waals surface area contributed by atoms with E-state index in [0.29, 0.717) is 17.9 Å². The first-order valence-electron chi connectivity index (χ1n) is 5.42. The minimum absolute atomic E-state index is 0.0174. The average Bonchev–Trinajstić information content (AvgIpc) is 2.35. The van der Waals surface area contributed by atoms with E-state index in [1.54, 1.807) is 5.32 Å². The van der Waals surface area contributed by atoms with E-state index in [4.69, 9.17) is 11.6 Å². The molecule has 0 bridgehead atoms. The van der Waals surface area contributed by atoms with Crippen molar-refractivity contribution in [2.75, 3.05) is 11.2 Å². The Balaban J connectivity index is 2.67. The molecule has 0 atom stereocenters. The second-order valence-electron chi connectivity index (χ2n) is 3.74. The van der Waals surface area contributed by atoms with Crippen LogP contribution in [0.1, 0.15) is 23.2 Å². The van der Waals surface area contributed by atoms with Gasteiger partial charge in [-0.25, -0.2) is 0 Å². The maximum atomic E-state index is 12.0. The van der Waals surface area contributed by atoms with Crippen molar-refractivity contribution in [3.05, 3.63) is 29.8 Å². The van der Waals surface area contributed by atoms with Crippen LogP contribution in [0, 0.1) is 0 Å². The molecule has 1 aromatic carbocycles. The number of carbonyl (C=O) groups is 2. The van der Waals surface area contributed by atoms with Crippen molar-refractivity contribution < 1.29 is 22.8 Å². The Morgan fingerprint density at radius 1 is 1.16 bits per heavy atom. The number of nitrogens with one attached hydrogen (secondary N) is 1. The summed E-state index contributed by atoms with van der Waals surface area (Å²) in [4.78, 5) is 22.2. The molecule has 1 aromatic rings. The summed E-state index contributed by atoms with van der Waals surface area (Å²) in [5.41, 5.74) is 0.353. The van der Waals surface area contributed by atoms with Crippen LogP contribution < -0.4 is 5.32 Å². The van der Waals surface area contributed by atoms with Crippen molar-refractivity contribution in [3.8, 4) is 0 Å². The third-order valence-electron chi connectivity index (χ3n) is 2.26. The Hall–Kier alpha value is -1.56. The number of alkyl halides is 4. The lowest BCUT2D eigenvalue weighted by Gasteiger charge is -2.08. The maximum absolute atomic E-state index is 12.0. The standard InChI is InChI=1S/C12H11ClF3NO2/c13-7-1-2-10(18)8-3-5-9(6-4-8)17-11(19)12(14,15)16/h3-6H,1-2,7H2,(H,17,19). The van der Waals surface area contributed by atoms with Crippen LogP contribution in [0.4, 0.5) is 18.9 Å². The van der Waals surface area contributed by atoms with Gasteiger partial charge >= 0.3 is 12.1 Å². The highest BCUT2D eigenvalue weighted by Gasteiger charge is 2.38. The number of carbonyl (C=O) groups excluding carboxylic acids is 2. The lowest BCUT2D eigenvalue weighted by molar-refractivity contribution is -0.167. The van der Waals surface area contributed by atoms with Gasteiger partial charge in [0.05, 0.1) is 0 Å². The number of amides is 1. The van der Waals surface area contributed by atoms with Gasteiger partial charge < -0.3 is 5.32 Å². The van der Waals surface area contributed by atoms with Gasteiger partial charge in [-0.05, 0) is 30.7 Å². The first kappa shape index (κ1) is 15.5. The van der Waals surface area contributed by atoms with E-state index in [1.165, 1.54) is 24.3 Å². The fraction of sp³-hybridized carbons (Fsp3) is 0.333. The fourth-order valence-electron chi connectivity index (χ4n) is 1.31. The van der Waals surface area contributed by atoms with Gasteiger partial charge in [0.25, 0.3) is 0 Å². The van der Waals surface area contributed by atoms with E-state index >= 15 is 0 Å². The second-order valence-corrected chi connectivity index (χ2v) is 4.12. The third kappa shape index (κ3) is 4.90. The number of ketones is 1. The molecule has 0 aliphatic heterocycles. The van der Waals surface area contributed by atoms with Crippen molar-refractivity contribution in [2.45, 2.75) is 19.0 Å². The van der Waals surface area contributed by atoms with Crippen molar-refractivity contribution in [1.29, 1.82) is 0 Å². The van der Waals surface area contributed by atoms with Crippen LogP contribution in [0.15, 0.2) is 24.3 Å². The summed E-state index contributed by atoms with van der Waals surface area (Å²) >= 11 is 5.45. The zero-order valence-electron chi connectivity index (χ0n) is 9.76. The van der Waals surface area contributed by atoms with Gasteiger partial charge in [0.2, 0.25) is 0 Å². The van der Waals surface area contributed by atoms with Gasteiger partial charge in [0.1, 0.15) is 0 Å². The lowest BCUT2D eigenvalue weighted by atomic mass is 10.1. The molecule has 7 heteroatoms. The third-order valence-corrected chi connectivity index (χ3v) is 2.53. The normalized spacial score (nSPS) is 11.2. The Morgan fingerprint density at radius 2 is 1.74 bits per heavy atom. The maximum Gasteiger partial charge on any atom is 0.471 e. The molecule has 0 aromatic heterocycles. The molecule has 0 spiro atoms. The number of Topliss-reactive ketones (excluding diaryl/α,β-unsaturated/α-hetero) is 1. The fourth-order valence-corrected chi connectivity index (χ4v) is 1.45. The molecule has 0 heterocycles. The highest BCUT2D eigenvalue weighted by molar-refractivity contribution is 6.18. The number of anilines is 1. The van der Waals surface area contributed by atoms with Crippen molar-refractivity contribution in [2.24, 2.45) is 0 Å². The SMILES string of the molecule is O=C(CCCCl)c1ccc(NC(=O)C(F)(F)F)cc1. The van der Waals surface area contributed by atoms with E-state index in [0.717, 1.165) is 0 Å². The Morgan fingerprint density at radius 3 is 2.21 bits per heavy atom. The van der Waals surface area contributed by atoms with Crippen LogP contribution in [-0.4, -0.2) is 23.7 Å². The van der Waals surface area contributed by atoms with Crippen molar-refractivity contribution in [3.63, 3.8) is 0 Å². The molecule has 0 fully saturated rings. The van der Waals surface area contributed by atoms with Gasteiger partial charge in [0.15, 0.2) is 5.78 Å². The smallest absolute Gasteiger partial charge is 0.318 e. The highest BCUT2D eigenvalue weighted by atomic mass is 35.5. The molecular weight excluding hydrogens is 283 g/mol. The molecule has 19 heavy (non-hydrogen) atoms. The van der Waals surface area contributed by atoms with E-state index in [2.05, 4.69) is 0 Å². The van der Waals surface area contributed by atoms with E-state index in [9.17, 15) is 22.8 Å². The predicted molar refractivity (Wildman–Crippen MR) is 65.4 cm³/mol. The molecule has 0 aliphatic rings. The molecule has 0 saturated carbocycles. The quantitative estimate of drug-likeness (QED) is 0.668. The van der Waals surface area contributed by atoms with Crippen LogP contribution in [0.3, 0.4) is 0 Å². The van der Waals surface area contributed by atoms with Crippen molar-refractivity contribution >= 4 is 29.0 Å². The summed E-state index contributed by atoms with van der Waals surface area (Å²) in [5, 5.41) is 1.69. The first-order valence-corrected chi connectivity index (χ1v) is 5.95. The lowest BCUT2D eigenvalue weighted by Crippen LogP contribution is -2.29. The van der Waals surface area contributed by atoms with E-state index < -0.39 is 12.1 Å². The molecule has 0 radical (unpaired) electrons. The molecule has 0 aliphatic carbocycles. The molecule has 1 rings (SSSR count). The largest absolute Gasteiger partial charge is 0.471 e. The zero-order chi connectivity index (χ0) is 14.5. The van der Waals surface area contributed by atoms with Gasteiger partial charge in [-0.15, -0.1) is 11.6 Å². The summed E-state index contributed by atoms with van der Waals surface area (Å²) in [7, 11) is 0. The van der Waals surface area contributed by atoms with Crippen LogP contribution in [0.2, 0.25) is 0 Å². The van der Waals surface area contributed by atoms with Gasteiger partial charge in [0, 0.05) is 23.6 Å². The average molecular weight is 294 g/mol. The topological polar surface area (TPSA) is 46.2 Å². The van der Waals surface area contributed by atoms with Crippen LogP contribution in [-0.2, 0) is 4.79 Å². The van der Waals surface area contributed by atoms with Crippen LogP contribution in [0.25, 0.3) is 0 Å². The second kappa shape index (κ2) is 6.56. The minimum Gasteiger partial charge on any atom is -0.318 e. The van der Waals surface area contributed by atoms with E-state index in [-0.39, 0.29) is 17.9 Å². The number of hydrogen-bond donors (Lipinski definition) is 1. The molecule has 0 unspecified atom stereocenters. The summed E-state index contributed by atoms with van der Waals surface area (Å²) < 4.78 is 36.0. The minimum atomic E-state index is -4.94. The van der Waals surface area contributed by atoms with Crippen LogP contribution in [0.5, 0.6) is 0 Å². The zero-order valence-corrected chi connectivity index (χ0v) is 10.5. The molecule has 3 nitrogen and oxygen atoms in total. The molecule has 1 N–H and O–H groups in total. The Bertz CT molecular complexity index is 457. The first-order chi connectivity index (χ1) is 8.84. The molecule has 0 saturated heterocycles. The molecular formula is C12H11ClF3NO2. The number of rotatable bonds is 5. The van der Waals surface area contributed by atoms with Crippen LogP contribution >= 0.6 is 11.6 Å². The summed E-state index contributed by atoms with van der Waals surface area (Å²) in [6.45, 7) is 0. The Labute approximate surface area is 112 Å². The van der Waals surface area contributed by atoms with Gasteiger partial charge in [-0.2, -0.15) is 13.2 Å². The summed E-state index contributed by atoms with van der Waals surface area (Å²) in [6.07, 6.45) is -4.13. The Kier molecular flexibility index (Phi) is 5.35. The monoisotopic (exact) mass is 293 g/mol. The highest BCUT2D eigenvalue weighted by Crippen LogP contribution is 2.19. The van der Waals surface area contributed by atoms with E-state index in [1.807, 2.05) is 0 Å². The van der Waals surface area contributed by atoms with Gasteiger partial charge in [-0.3, -0.25) is 9.59 Å². The number of hydrogen-bond acceptors (Lipinski definition) is 2. The van der Waals surface area contributed by atoms with Gasteiger partial charge in [-0.1, -0.05) is 0 Å². The number of halogens is 4. The molecule has 104 valence electrons. The van der Waals surface area contributed by atoms with Crippen molar-refractivity contribution in [1.82, 2.24) is 0 Å². The summed E-state index contributed by atoms with van der Waals surface area (Å²) in [5.74, 6) is -1.83. The molecule has 1 amide bonds.